The number of hydrogen-bond donors (Lipinski definition) is 2. The van der Waals surface area contributed by atoms with Crippen molar-refractivity contribution in [3.63, 3.8) is 0 Å². The van der Waals surface area contributed by atoms with E-state index in [-0.39, 0.29) is 42.0 Å². The molecule has 2 N–H and O–H groups in total. The number of H-pyrrole nitrogens is 1. The van der Waals surface area contributed by atoms with Gasteiger partial charge in [0.2, 0.25) is 0 Å². The number of carbonyl (C=O) groups excluding carboxylic acids is 2. The van der Waals surface area contributed by atoms with Crippen molar-refractivity contribution in [3.05, 3.63) is 98.8 Å². The minimum Gasteiger partial charge on any atom is -0.507 e. The van der Waals surface area contributed by atoms with Gasteiger partial charge in [-0.2, -0.15) is 10.2 Å². The van der Waals surface area contributed by atoms with Crippen molar-refractivity contribution in [2.75, 3.05) is 14.2 Å². The molecular weight excluding hydrogens is 673 g/mol. The summed E-state index contributed by atoms with van der Waals surface area (Å²) in [4.78, 5) is 28.2. The summed E-state index contributed by atoms with van der Waals surface area (Å²) in [6.45, 7) is 6.68. The van der Waals surface area contributed by atoms with Crippen molar-refractivity contribution in [3.8, 4) is 17.0 Å². The summed E-state index contributed by atoms with van der Waals surface area (Å²) < 4.78 is 27.6. The fourth-order valence-corrected chi connectivity index (χ4v) is 7.05. The van der Waals surface area contributed by atoms with Crippen LogP contribution in [0, 0.1) is 19.7 Å². The van der Waals surface area contributed by atoms with Gasteiger partial charge in [0, 0.05) is 48.0 Å². The Balaban J connectivity index is 1.24. The van der Waals surface area contributed by atoms with Crippen molar-refractivity contribution in [1.82, 2.24) is 24.5 Å². The quantitative estimate of drug-likeness (QED) is 0.124. The van der Waals surface area contributed by atoms with Gasteiger partial charge in [-0.3, -0.25) is 14.2 Å². The molecule has 51 heavy (non-hydrogen) atoms. The lowest BCUT2D eigenvalue weighted by molar-refractivity contribution is -0.140. The average molecular weight is 714 g/mol. The average Bonchev–Trinajstić information content (AvgIpc) is 3.76. The van der Waals surface area contributed by atoms with E-state index in [1.807, 2.05) is 42.4 Å². The van der Waals surface area contributed by atoms with Crippen LogP contribution >= 0.6 is 11.6 Å². The summed E-state index contributed by atoms with van der Waals surface area (Å²) >= 11 is 6.92. The number of methoxy groups -OCH3 is 2. The number of hydrogen-bond acceptors (Lipinski definition) is 7. The maximum absolute atomic E-state index is 13.8. The molecule has 0 saturated heterocycles. The highest BCUT2D eigenvalue weighted by atomic mass is 35.5. The first-order valence-corrected chi connectivity index (χ1v) is 17.2. The number of phenolic OH excluding ortho intramolecular Hbond substituents is 1. The summed E-state index contributed by atoms with van der Waals surface area (Å²) in [5.41, 5.74) is 7.91. The normalized spacial score (nSPS) is 12.2. The number of carbonyl (C=O) groups is 2. The number of nitrogens with one attached hydrogen (secondary N) is 1. The number of aromatic amines is 1. The van der Waals surface area contributed by atoms with E-state index < -0.39 is 5.97 Å². The molecule has 3 heterocycles. The van der Waals surface area contributed by atoms with Crippen LogP contribution in [0.5, 0.6) is 5.75 Å². The summed E-state index contributed by atoms with van der Waals surface area (Å²) in [7, 11) is 4.58. The molecule has 1 atom stereocenters. The first-order chi connectivity index (χ1) is 24.4. The second-order valence-electron chi connectivity index (χ2n) is 13.0. The van der Waals surface area contributed by atoms with Crippen LogP contribution in [0.1, 0.15) is 69.9 Å². The molecule has 6 rings (SSSR count). The number of halogens is 2. The highest BCUT2D eigenvalue weighted by Crippen LogP contribution is 2.40. The zero-order valence-corrected chi connectivity index (χ0v) is 30.3. The zero-order valence-electron chi connectivity index (χ0n) is 29.6. The smallest absolute Gasteiger partial charge is 0.354 e. The third-order valence-electron chi connectivity index (χ3n) is 9.79. The highest BCUT2D eigenvalue weighted by molar-refractivity contribution is 6.35. The van der Waals surface area contributed by atoms with Gasteiger partial charge in [-0.25, -0.2) is 9.18 Å². The Morgan fingerprint density at radius 1 is 1.00 bits per heavy atom. The molecule has 0 aliphatic rings. The van der Waals surface area contributed by atoms with Crippen LogP contribution < -0.4 is 0 Å². The van der Waals surface area contributed by atoms with Gasteiger partial charge in [0.05, 0.1) is 41.8 Å². The van der Waals surface area contributed by atoms with Crippen molar-refractivity contribution in [1.29, 1.82) is 0 Å². The minimum atomic E-state index is -0.538. The fourth-order valence-electron chi connectivity index (χ4n) is 6.81. The van der Waals surface area contributed by atoms with Crippen molar-refractivity contribution >= 4 is 45.2 Å². The van der Waals surface area contributed by atoms with Gasteiger partial charge in [0.25, 0.3) is 0 Å². The van der Waals surface area contributed by atoms with Crippen molar-refractivity contribution in [2.45, 2.75) is 65.3 Å². The number of nitrogens with zero attached hydrogens (tertiary/aromatic N) is 4. The van der Waals surface area contributed by atoms with E-state index in [0.29, 0.717) is 46.3 Å². The van der Waals surface area contributed by atoms with Crippen LogP contribution in [0.15, 0.2) is 48.5 Å². The SMILES string of the molecule is COC(=O)CCc1c(C(=O)OC)[nH]c2c(-c3c(C)c(C)nn3CCC(C)c3cc(CCc4cc(O)c5ccc(F)cc5c4)n(C)n3)c(Cl)ccc12. The maximum Gasteiger partial charge on any atom is 0.354 e. The van der Waals surface area contributed by atoms with Crippen LogP contribution in [-0.2, 0) is 47.1 Å². The zero-order chi connectivity index (χ0) is 36.6. The van der Waals surface area contributed by atoms with E-state index >= 15 is 0 Å². The molecule has 266 valence electrons. The van der Waals surface area contributed by atoms with Crippen molar-refractivity contribution in [2.24, 2.45) is 7.05 Å². The first-order valence-electron chi connectivity index (χ1n) is 16.9. The number of aromatic nitrogens is 5. The first kappa shape index (κ1) is 35.7. The largest absolute Gasteiger partial charge is 0.507 e. The Labute approximate surface area is 300 Å². The number of aryl methyl sites for hydroxylation is 6. The molecule has 0 radical (unpaired) electrons. The monoisotopic (exact) mass is 713 g/mol. The Morgan fingerprint density at radius 3 is 2.51 bits per heavy atom. The second kappa shape index (κ2) is 14.6. The number of ether oxygens (including phenoxy) is 2. The fraction of sp³-hybridized carbons (Fsp3) is 0.333. The molecule has 1 unspecified atom stereocenters. The standard InChI is InChI=1S/C39H41ClFN5O5/c1-21(32-20-27(45(4)44-32)9-7-24-17-25-19-26(41)8-10-28(25)33(47)18-24)15-16-46-38(22(2)23(3)43-46)35-31(40)13-11-29-30(12-14-34(48)50-5)37(39(49)51-6)42-36(29)35/h8,10-11,13,17-21,42,47H,7,9,12,14-16H2,1-6H3. The van der Waals surface area contributed by atoms with Gasteiger partial charge in [0.15, 0.2) is 0 Å². The Hall–Kier alpha value is -5.16. The number of esters is 2. The third kappa shape index (κ3) is 7.08. The number of rotatable bonds is 12. The molecule has 0 spiro atoms. The van der Waals surface area contributed by atoms with Gasteiger partial charge in [0.1, 0.15) is 17.3 Å². The van der Waals surface area contributed by atoms with Gasteiger partial charge >= 0.3 is 11.9 Å². The van der Waals surface area contributed by atoms with E-state index in [0.717, 1.165) is 51.3 Å². The summed E-state index contributed by atoms with van der Waals surface area (Å²) in [5, 5.41) is 22.8. The summed E-state index contributed by atoms with van der Waals surface area (Å²) in [5.74, 6) is -1.01. The predicted molar refractivity (Wildman–Crippen MR) is 195 cm³/mol. The molecule has 0 fully saturated rings. The third-order valence-corrected chi connectivity index (χ3v) is 10.1. The maximum atomic E-state index is 13.8. The molecule has 0 bridgehead atoms. The van der Waals surface area contributed by atoms with Gasteiger partial charge in [-0.15, -0.1) is 0 Å². The molecule has 12 heteroatoms. The van der Waals surface area contributed by atoms with Crippen LogP contribution in [0.25, 0.3) is 32.9 Å². The lowest BCUT2D eigenvalue weighted by atomic mass is 9.99. The van der Waals surface area contributed by atoms with E-state index in [2.05, 4.69) is 18.0 Å². The molecule has 10 nitrogen and oxygen atoms in total. The Bertz CT molecular complexity index is 2290. The molecule has 0 saturated carbocycles. The molecule has 6 aromatic rings. The van der Waals surface area contributed by atoms with Crippen molar-refractivity contribution < 1.29 is 28.6 Å². The Morgan fingerprint density at radius 2 is 1.76 bits per heavy atom. The molecule has 3 aromatic carbocycles. The van der Waals surface area contributed by atoms with Crippen LogP contribution in [-0.4, -0.2) is 55.8 Å². The van der Waals surface area contributed by atoms with E-state index in [1.54, 1.807) is 18.2 Å². The summed E-state index contributed by atoms with van der Waals surface area (Å²) in [6, 6.07) is 13.8. The van der Waals surface area contributed by atoms with Crippen LogP contribution in [0.3, 0.4) is 0 Å². The molecular formula is C39H41ClFN5O5. The molecule has 3 aromatic heterocycles. The second-order valence-corrected chi connectivity index (χ2v) is 13.4. The van der Waals surface area contributed by atoms with Gasteiger partial charge < -0.3 is 19.6 Å². The molecule has 0 aliphatic heterocycles. The van der Waals surface area contributed by atoms with Crippen LogP contribution in [0.2, 0.25) is 5.02 Å². The minimum absolute atomic E-state index is 0.0999. The lowest BCUT2D eigenvalue weighted by Gasteiger charge is -2.14. The van der Waals surface area contributed by atoms with E-state index in [9.17, 15) is 19.1 Å². The molecule has 0 aliphatic carbocycles. The topological polar surface area (TPSA) is 124 Å². The Kier molecular flexibility index (Phi) is 10.2. The molecule has 0 amide bonds. The lowest BCUT2D eigenvalue weighted by Crippen LogP contribution is -2.08. The number of phenols is 1. The predicted octanol–water partition coefficient (Wildman–Crippen LogP) is 7.90. The highest BCUT2D eigenvalue weighted by Gasteiger charge is 2.26. The number of benzene rings is 3. The van der Waals surface area contributed by atoms with E-state index in [4.69, 9.17) is 31.3 Å². The van der Waals surface area contributed by atoms with E-state index in [1.165, 1.54) is 26.4 Å². The van der Waals surface area contributed by atoms with Gasteiger partial charge in [-0.1, -0.05) is 30.7 Å². The van der Waals surface area contributed by atoms with Crippen LogP contribution in [0.4, 0.5) is 4.39 Å². The summed E-state index contributed by atoms with van der Waals surface area (Å²) in [6.07, 6.45) is 2.48. The number of fused-ring (bicyclic) bond motifs is 2. The van der Waals surface area contributed by atoms with Gasteiger partial charge in [-0.05, 0) is 98.0 Å². The number of aromatic hydroxyl groups is 1.